The molecule has 0 N–H and O–H groups in total. The predicted octanol–water partition coefficient (Wildman–Crippen LogP) is 21.2. The van der Waals surface area contributed by atoms with E-state index in [9.17, 15) is 0 Å². The fraction of sp³-hybridized carbons (Fsp3) is 0.0789. The molecule has 15 rings (SSSR count). The number of hydrogen-bond acceptors (Lipinski definition) is 2. The number of benzene rings is 13. The van der Waals surface area contributed by atoms with Crippen molar-refractivity contribution in [1.29, 1.82) is 0 Å². The van der Waals surface area contributed by atoms with E-state index in [2.05, 4.69) is 304 Å². The van der Waals surface area contributed by atoms with E-state index in [0.29, 0.717) is 0 Å². The average Bonchev–Trinajstić information content (AvgIpc) is 3.59. The number of anilines is 6. The molecule has 2 aliphatic rings. The Kier molecular flexibility index (Phi) is 10.3. The summed E-state index contributed by atoms with van der Waals surface area (Å²) in [6.07, 6.45) is 0. The molecule has 2 heteroatoms. The van der Waals surface area contributed by atoms with Crippen LogP contribution in [0.3, 0.4) is 0 Å². The highest BCUT2D eigenvalue weighted by atomic mass is 15.2. The molecule has 78 heavy (non-hydrogen) atoms. The van der Waals surface area contributed by atoms with Gasteiger partial charge in [0, 0.05) is 22.2 Å². The third-order valence-electron chi connectivity index (χ3n) is 17.4. The number of para-hydroxylation sites is 4. The highest BCUT2D eigenvalue weighted by Gasteiger charge is 2.38. The first-order chi connectivity index (χ1) is 38.2. The molecule has 0 fully saturated rings. The minimum Gasteiger partial charge on any atom is -0.310 e. The molecule has 370 valence electrons. The molecule has 2 heterocycles. The van der Waals surface area contributed by atoms with Gasteiger partial charge in [-0.05, 0) is 171 Å². The third kappa shape index (κ3) is 6.96. The zero-order valence-corrected chi connectivity index (χ0v) is 44.3. The van der Waals surface area contributed by atoms with E-state index in [4.69, 9.17) is 0 Å². The first-order valence-electron chi connectivity index (χ1n) is 27.4. The molecule has 0 aromatic heterocycles. The van der Waals surface area contributed by atoms with Crippen LogP contribution in [0, 0.1) is 0 Å². The van der Waals surface area contributed by atoms with Gasteiger partial charge >= 0.3 is 0 Å². The summed E-state index contributed by atoms with van der Waals surface area (Å²) in [5.74, 6) is 0. The summed E-state index contributed by atoms with van der Waals surface area (Å²) in [4.78, 5) is 5.02. The van der Waals surface area contributed by atoms with E-state index >= 15 is 0 Å². The Morgan fingerprint density at radius 2 is 0.551 bits per heavy atom. The molecule has 0 saturated carbocycles. The van der Waals surface area contributed by atoms with Crippen molar-refractivity contribution >= 4 is 77.2 Å². The monoisotopic (exact) mass is 996 g/mol. The smallest absolute Gasteiger partial charge is 0.0502 e. The van der Waals surface area contributed by atoms with Crippen molar-refractivity contribution in [2.45, 2.75) is 38.5 Å². The largest absolute Gasteiger partial charge is 0.310 e. The van der Waals surface area contributed by atoms with Crippen LogP contribution in [0.1, 0.15) is 49.9 Å². The van der Waals surface area contributed by atoms with Crippen LogP contribution in [0.5, 0.6) is 0 Å². The summed E-state index contributed by atoms with van der Waals surface area (Å²) < 4.78 is 0. The van der Waals surface area contributed by atoms with Crippen molar-refractivity contribution in [2.24, 2.45) is 0 Å². The maximum absolute atomic E-state index is 2.51. The van der Waals surface area contributed by atoms with Gasteiger partial charge in [0.1, 0.15) is 0 Å². The minimum absolute atomic E-state index is 0.191. The summed E-state index contributed by atoms with van der Waals surface area (Å²) >= 11 is 0. The molecule has 0 atom stereocenters. The fourth-order valence-electron chi connectivity index (χ4n) is 13.6. The molecule has 2 aliphatic heterocycles. The second kappa shape index (κ2) is 17.5. The van der Waals surface area contributed by atoms with Crippen LogP contribution in [-0.2, 0) is 10.8 Å². The number of rotatable bonds is 6. The number of nitrogens with zero attached hydrogens (tertiary/aromatic N) is 2. The quantitative estimate of drug-likeness (QED) is 0.153. The van der Waals surface area contributed by atoms with Crippen molar-refractivity contribution in [2.75, 3.05) is 9.80 Å². The Hall–Kier alpha value is -9.50. The molecule has 13 aromatic carbocycles. The molecule has 0 bridgehead atoms. The fourth-order valence-corrected chi connectivity index (χ4v) is 13.6. The Morgan fingerprint density at radius 3 is 0.923 bits per heavy atom. The lowest BCUT2D eigenvalue weighted by atomic mass is 9.73. The van der Waals surface area contributed by atoms with Gasteiger partial charge in [0.25, 0.3) is 0 Å². The van der Waals surface area contributed by atoms with Crippen molar-refractivity contribution in [1.82, 2.24) is 0 Å². The lowest BCUT2D eigenvalue weighted by molar-refractivity contribution is 0.632. The van der Waals surface area contributed by atoms with Crippen LogP contribution < -0.4 is 9.80 Å². The normalized spacial score (nSPS) is 14.1. The van der Waals surface area contributed by atoms with E-state index in [1.165, 1.54) is 133 Å². The van der Waals surface area contributed by atoms with Gasteiger partial charge in [-0.3, -0.25) is 0 Å². The minimum atomic E-state index is -0.191. The molecule has 0 spiro atoms. The number of fused-ring (bicyclic) bond motifs is 8. The molecule has 0 saturated heterocycles. The zero-order valence-electron chi connectivity index (χ0n) is 44.3. The van der Waals surface area contributed by atoms with E-state index in [0.717, 1.165) is 11.4 Å². The summed E-state index contributed by atoms with van der Waals surface area (Å²) in [7, 11) is 0. The van der Waals surface area contributed by atoms with Crippen molar-refractivity contribution < 1.29 is 0 Å². The zero-order chi connectivity index (χ0) is 52.3. The summed E-state index contributed by atoms with van der Waals surface area (Å²) in [6, 6.07) is 100. The Balaban J connectivity index is 1.08. The standard InChI is InChI=1S/C76H56N2/c1-75(2)65-29-13-17-33-69(65)77(70-34-18-14-30-66(70)75)55-41-43-61-63(47-55)73(59-27-11-9-25-57(59)53-39-37-49-21-5-7-23-51(49)45-53)62-44-42-56(78-71-35-19-15-31-67(71)76(3,4)68-32-16-20-36-72(68)78)48-64(62)74(61)60-28-12-10-26-58(60)54-40-38-50-22-6-8-24-52(50)46-54/h5-48H,1-4H3. The average molecular weight is 997 g/mol. The van der Waals surface area contributed by atoms with E-state index < -0.39 is 0 Å². The van der Waals surface area contributed by atoms with E-state index in [1.807, 2.05) is 0 Å². The maximum Gasteiger partial charge on any atom is 0.0502 e. The molecule has 2 nitrogen and oxygen atoms in total. The molecule has 0 unspecified atom stereocenters. The topological polar surface area (TPSA) is 6.48 Å². The van der Waals surface area contributed by atoms with Gasteiger partial charge in [-0.1, -0.05) is 234 Å². The molecular formula is C76H56N2. The van der Waals surface area contributed by atoms with E-state index in [1.54, 1.807) is 0 Å². The van der Waals surface area contributed by atoms with Crippen molar-refractivity contribution in [3.8, 4) is 44.5 Å². The Labute approximate surface area is 456 Å². The lowest BCUT2D eigenvalue weighted by Crippen LogP contribution is -2.30. The van der Waals surface area contributed by atoms with Crippen LogP contribution >= 0.6 is 0 Å². The van der Waals surface area contributed by atoms with Crippen LogP contribution in [-0.4, -0.2) is 0 Å². The first kappa shape index (κ1) is 45.9. The summed E-state index contributed by atoms with van der Waals surface area (Å²) in [5, 5.41) is 9.69. The van der Waals surface area contributed by atoms with Gasteiger partial charge in [0.05, 0.1) is 22.7 Å². The highest BCUT2D eigenvalue weighted by Crippen LogP contribution is 2.56. The van der Waals surface area contributed by atoms with Crippen LogP contribution in [0.2, 0.25) is 0 Å². The maximum atomic E-state index is 2.51. The Morgan fingerprint density at radius 1 is 0.244 bits per heavy atom. The van der Waals surface area contributed by atoms with Gasteiger partial charge in [-0.2, -0.15) is 0 Å². The molecule has 0 amide bonds. The highest BCUT2D eigenvalue weighted by molar-refractivity contribution is 6.25. The van der Waals surface area contributed by atoms with Gasteiger partial charge in [-0.15, -0.1) is 0 Å². The summed E-state index contributed by atoms with van der Waals surface area (Å²) in [5.41, 5.74) is 21.5. The third-order valence-corrected chi connectivity index (χ3v) is 17.4. The Bertz CT molecular complexity index is 4200. The van der Waals surface area contributed by atoms with Gasteiger partial charge in [-0.25, -0.2) is 0 Å². The lowest BCUT2D eigenvalue weighted by Gasteiger charge is -2.42. The summed E-state index contributed by atoms with van der Waals surface area (Å²) in [6.45, 7) is 9.47. The first-order valence-corrected chi connectivity index (χ1v) is 27.4. The molecule has 0 aliphatic carbocycles. The van der Waals surface area contributed by atoms with Crippen molar-refractivity contribution in [3.63, 3.8) is 0 Å². The van der Waals surface area contributed by atoms with Crippen LogP contribution in [0.15, 0.2) is 267 Å². The van der Waals surface area contributed by atoms with Gasteiger partial charge in [0.2, 0.25) is 0 Å². The molecular weight excluding hydrogens is 941 g/mol. The van der Waals surface area contributed by atoms with Crippen LogP contribution in [0.25, 0.3) is 87.6 Å². The SMILES string of the molecule is CC1(C)c2ccccc2N(c2ccc3c(-c4ccccc4-c4ccc5ccccc5c4)c4cc(N5c6ccccc6C(C)(C)c6ccccc65)ccc4c(-c4ccccc4-c4ccc5ccccc5c4)c3c2)c2ccccc21. The number of hydrogen-bond donors (Lipinski definition) is 0. The molecule has 13 aromatic rings. The molecule has 0 radical (unpaired) electrons. The second-order valence-corrected chi connectivity index (χ2v) is 22.4. The second-order valence-electron chi connectivity index (χ2n) is 22.4. The van der Waals surface area contributed by atoms with Crippen LogP contribution in [0.4, 0.5) is 34.1 Å². The van der Waals surface area contributed by atoms with E-state index in [-0.39, 0.29) is 10.8 Å². The van der Waals surface area contributed by atoms with Crippen molar-refractivity contribution in [3.05, 3.63) is 289 Å². The van der Waals surface area contributed by atoms with Gasteiger partial charge < -0.3 is 9.80 Å². The predicted molar refractivity (Wildman–Crippen MR) is 332 cm³/mol. The van der Waals surface area contributed by atoms with Gasteiger partial charge in [0.15, 0.2) is 0 Å².